The number of nitrogens with one attached hydrogen (secondary N) is 2. The van der Waals surface area contributed by atoms with Crippen LogP contribution in [0.15, 0.2) is 30.5 Å². The Morgan fingerprint density at radius 1 is 1.25 bits per heavy atom. The number of aromatic nitrogens is 2. The van der Waals surface area contributed by atoms with Gasteiger partial charge in [-0.25, -0.2) is 0 Å². The first kappa shape index (κ1) is 20.1. The number of rotatable bonds is 7. The first-order chi connectivity index (χ1) is 13.4. The van der Waals surface area contributed by atoms with Gasteiger partial charge in [-0.3, -0.25) is 14.3 Å². The van der Waals surface area contributed by atoms with E-state index in [1.165, 1.54) is 11.1 Å². The van der Waals surface area contributed by atoms with Gasteiger partial charge >= 0.3 is 0 Å². The number of benzene rings is 1. The summed E-state index contributed by atoms with van der Waals surface area (Å²) in [5.41, 5.74) is 4.04. The molecule has 6 nitrogen and oxygen atoms in total. The van der Waals surface area contributed by atoms with Crippen molar-refractivity contribution in [1.29, 1.82) is 0 Å². The van der Waals surface area contributed by atoms with E-state index in [-0.39, 0.29) is 17.9 Å². The second-order valence-electron chi connectivity index (χ2n) is 8.00. The third-order valence-electron chi connectivity index (χ3n) is 5.19. The maximum Gasteiger partial charge on any atom is 0.254 e. The van der Waals surface area contributed by atoms with E-state index in [9.17, 15) is 9.59 Å². The van der Waals surface area contributed by atoms with Crippen molar-refractivity contribution in [2.45, 2.75) is 59.0 Å². The van der Waals surface area contributed by atoms with Gasteiger partial charge in [-0.05, 0) is 51.5 Å². The number of fused-ring (bicyclic) bond motifs is 1. The molecule has 0 radical (unpaired) electrons. The van der Waals surface area contributed by atoms with E-state index in [4.69, 9.17) is 0 Å². The van der Waals surface area contributed by atoms with Gasteiger partial charge in [0.15, 0.2) is 0 Å². The van der Waals surface area contributed by atoms with Crippen LogP contribution in [0, 0.1) is 12.8 Å². The predicted molar refractivity (Wildman–Crippen MR) is 109 cm³/mol. The highest BCUT2D eigenvalue weighted by Crippen LogP contribution is 2.22. The Kier molecular flexibility index (Phi) is 6.49. The normalized spacial score (nSPS) is 15.9. The SMILES string of the molecule is Cc1ccc(CCC(=O)NCC2CCn3ncc(C(=O)NC(C)C)c3C2)cc1. The largest absolute Gasteiger partial charge is 0.356 e. The minimum Gasteiger partial charge on any atom is -0.356 e. The molecule has 0 saturated carbocycles. The monoisotopic (exact) mass is 382 g/mol. The van der Waals surface area contributed by atoms with Gasteiger partial charge < -0.3 is 10.6 Å². The van der Waals surface area contributed by atoms with Crippen LogP contribution >= 0.6 is 0 Å². The third-order valence-corrected chi connectivity index (χ3v) is 5.19. The van der Waals surface area contributed by atoms with Gasteiger partial charge in [-0.15, -0.1) is 0 Å². The van der Waals surface area contributed by atoms with Crippen LogP contribution in [0.3, 0.4) is 0 Å². The predicted octanol–water partition coefficient (Wildman–Crippen LogP) is 2.64. The highest BCUT2D eigenvalue weighted by Gasteiger charge is 2.25. The van der Waals surface area contributed by atoms with Gasteiger partial charge in [-0.1, -0.05) is 29.8 Å². The maximum absolute atomic E-state index is 12.4. The number of hydrogen-bond donors (Lipinski definition) is 2. The number of aryl methyl sites for hydroxylation is 3. The molecular formula is C22H30N4O2. The topological polar surface area (TPSA) is 76.0 Å². The van der Waals surface area contributed by atoms with Crippen LogP contribution in [0.1, 0.15) is 53.9 Å². The van der Waals surface area contributed by atoms with Crippen LogP contribution in [0.4, 0.5) is 0 Å². The van der Waals surface area contributed by atoms with Crippen molar-refractivity contribution in [3.05, 3.63) is 52.8 Å². The summed E-state index contributed by atoms with van der Waals surface area (Å²) < 4.78 is 1.92. The average Bonchev–Trinajstić information content (AvgIpc) is 3.08. The van der Waals surface area contributed by atoms with E-state index >= 15 is 0 Å². The van der Waals surface area contributed by atoms with Crippen molar-refractivity contribution >= 4 is 11.8 Å². The molecule has 2 amide bonds. The Morgan fingerprint density at radius 3 is 2.71 bits per heavy atom. The molecular weight excluding hydrogens is 352 g/mol. The molecule has 1 aromatic heterocycles. The van der Waals surface area contributed by atoms with E-state index < -0.39 is 0 Å². The number of carbonyl (C=O) groups excluding carboxylic acids is 2. The van der Waals surface area contributed by atoms with Crippen LogP contribution in [0.25, 0.3) is 0 Å². The maximum atomic E-state index is 12.4. The lowest BCUT2D eigenvalue weighted by Gasteiger charge is -2.24. The zero-order chi connectivity index (χ0) is 20.1. The Balaban J connectivity index is 1.49. The second-order valence-corrected chi connectivity index (χ2v) is 8.00. The molecule has 0 spiro atoms. The molecule has 0 aliphatic carbocycles. The highest BCUT2D eigenvalue weighted by molar-refractivity contribution is 5.95. The summed E-state index contributed by atoms with van der Waals surface area (Å²) >= 11 is 0. The lowest BCUT2D eigenvalue weighted by Crippen LogP contribution is -2.35. The fourth-order valence-electron chi connectivity index (χ4n) is 3.56. The van der Waals surface area contributed by atoms with Crippen molar-refractivity contribution in [2.24, 2.45) is 5.92 Å². The Morgan fingerprint density at radius 2 is 2.00 bits per heavy atom. The molecule has 3 rings (SSSR count). The minimum atomic E-state index is -0.0703. The third kappa shape index (κ3) is 5.21. The lowest BCUT2D eigenvalue weighted by molar-refractivity contribution is -0.121. The van der Waals surface area contributed by atoms with Gasteiger partial charge in [0.1, 0.15) is 0 Å². The lowest BCUT2D eigenvalue weighted by atomic mass is 9.94. The summed E-state index contributed by atoms with van der Waals surface area (Å²) in [7, 11) is 0. The molecule has 2 heterocycles. The summed E-state index contributed by atoms with van der Waals surface area (Å²) in [4.78, 5) is 24.6. The minimum absolute atomic E-state index is 0.0703. The smallest absolute Gasteiger partial charge is 0.254 e. The van der Waals surface area contributed by atoms with Crippen LogP contribution in [0.5, 0.6) is 0 Å². The quantitative estimate of drug-likeness (QED) is 0.773. The fraction of sp³-hybridized carbons (Fsp3) is 0.500. The van der Waals surface area contributed by atoms with Crippen LogP contribution < -0.4 is 10.6 Å². The van der Waals surface area contributed by atoms with Crippen molar-refractivity contribution in [3.8, 4) is 0 Å². The van der Waals surface area contributed by atoms with Crippen molar-refractivity contribution in [1.82, 2.24) is 20.4 Å². The molecule has 150 valence electrons. The van der Waals surface area contributed by atoms with E-state index in [0.717, 1.165) is 31.5 Å². The number of hydrogen-bond acceptors (Lipinski definition) is 3. The van der Waals surface area contributed by atoms with Gasteiger partial charge in [0, 0.05) is 25.6 Å². The van der Waals surface area contributed by atoms with Gasteiger partial charge in [0.05, 0.1) is 17.5 Å². The van der Waals surface area contributed by atoms with Crippen LogP contribution in [-0.4, -0.2) is 34.2 Å². The highest BCUT2D eigenvalue weighted by atomic mass is 16.2. The Bertz CT molecular complexity index is 824. The van der Waals surface area contributed by atoms with Gasteiger partial charge in [-0.2, -0.15) is 5.10 Å². The molecule has 1 aliphatic rings. The molecule has 2 N–H and O–H groups in total. The summed E-state index contributed by atoms with van der Waals surface area (Å²) in [6.45, 7) is 7.38. The zero-order valence-electron chi connectivity index (χ0n) is 17.0. The molecule has 6 heteroatoms. The van der Waals surface area contributed by atoms with Crippen molar-refractivity contribution < 1.29 is 9.59 Å². The molecule has 1 atom stereocenters. The summed E-state index contributed by atoms with van der Waals surface area (Å²) in [5.74, 6) is 0.342. The van der Waals surface area contributed by atoms with E-state index in [1.54, 1.807) is 6.20 Å². The zero-order valence-corrected chi connectivity index (χ0v) is 17.0. The van der Waals surface area contributed by atoms with Crippen molar-refractivity contribution in [3.63, 3.8) is 0 Å². The molecule has 0 saturated heterocycles. The van der Waals surface area contributed by atoms with Crippen LogP contribution in [-0.2, 0) is 24.2 Å². The second kappa shape index (κ2) is 9.04. The number of carbonyl (C=O) groups is 2. The van der Waals surface area contributed by atoms with E-state index in [2.05, 4.69) is 46.9 Å². The fourth-order valence-corrected chi connectivity index (χ4v) is 3.56. The standard InChI is InChI=1S/C22H30N4O2/c1-15(2)25-22(28)19-14-24-26-11-10-18(12-20(19)26)13-23-21(27)9-8-17-6-4-16(3)5-7-17/h4-7,14-15,18H,8-13H2,1-3H3,(H,23,27)(H,25,28). The van der Waals surface area contributed by atoms with Gasteiger partial charge in [0.25, 0.3) is 5.91 Å². The molecule has 1 unspecified atom stereocenters. The van der Waals surface area contributed by atoms with Crippen molar-refractivity contribution in [2.75, 3.05) is 6.54 Å². The van der Waals surface area contributed by atoms with Gasteiger partial charge in [0.2, 0.25) is 5.91 Å². The van der Waals surface area contributed by atoms with Crippen LogP contribution in [0.2, 0.25) is 0 Å². The molecule has 1 aliphatic heterocycles. The summed E-state index contributed by atoms with van der Waals surface area (Å²) in [5, 5.41) is 10.4. The van der Waals surface area contributed by atoms with E-state index in [1.807, 2.05) is 18.5 Å². The number of amides is 2. The molecule has 1 aromatic carbocycles. The Hall–Kier alpha value is -2.63. The molecule has 2 aromatic rings. The average molecular weight is 383 g/mol. The first-order valence-corrected chi connectivity index (χ1v) is 10.1. The first-order valence-electron chi connectivity index (χ1n) is 10.1. The van der Waals surface area contributed by atoms with E-state index in [0.29, 0.717) is 24.4 Å². The molecule has 0 bridgehead atoms. The number of nitrogens with zero attached hydrogens (tertiary/aromatic N) is 2. The Labute approximate surface area is 166 Å². The molecule has 28 heavy (non-hydrogen) atoms. The molecule has 0 fully saturated rings. The summed E-state index contributed by atoms with van der Waals surface area (Å²) in [6, 6.07) is 8.40. The summed E-state index contributed by atoms with van der Waals surface area (Å²) in [6.07, 6.45) is 4.63.